The Morgan fingerprint density at radius 3 is 2.68 bits per heavy atom. The highest BCUT2D eigenvalue weighted by molar-refractivity contribution is 6.43. The van der Waals surface area contributed by atoms with Crippen molar-refractivity contribution in [2.75, 3.05) is 44.7 Å². The number of ether oxygens (including phenoxy) is 1. The van der Waals surface area contributed by atoms with Gasteiger partial charge in [0.05, 0.1) is 35.4 Å². The minimum Gasteiger partial charge on any atom is -0.480 e. The van der Waals surface area contributed by atoms with E-state index in [0.29, 0.717) is 37.0 Å². The Hall–Kier alpha value is -1.38. The first-order chi connectivity index (χ1) is 12.0. The number of morpholine rings is 1. The molecule has 1 aromatic carbocycles. The van der Waals surface area contributed by atoms with E-state index in [-0.39, 0.29) is 11.4 Å². The Morgan fingerprint density at radius 2 is 2.00 bits per heavy atom. The van der Waals surface area contributed by atoms with Crippen LogP contribution in [0.1, 0.15) is 6.42 Å². The maximum atomic E-state index is 12.1. The Balaban J connectivity index is 1.82. The number of carboxylic acids is 1. The van der Waals surface area contributed by atoms with E-state index in [9.17, 15) is 14.7 Å². The number of nitrogens with zero attached hydrogens (tertiary/aromatic N) is 1. The van der Waals surface area contributed by atoms with Gasteiger partial charge >= 0.3 is 5.97 Å². The summed E-state index contributed by atoms with van der Waals surface area (Å²) in [5.41, 5.74) is 0.358. The van der Waals surface area contributed by atoms with Crippen molar-refractivity contribution in [3.8, 4) is 0 Å². The van der Waals surface area contributed by atoms with E-state index in [1.165, 1.54) is 0 Å². The molecule has 0 bridgehead atoms. The van der Waals surface area contributed by atoms with Crippen LogP contribution in [0.15, 0.2) is 18.2 Å². The van der Waals surface area contributed by atoms with E-state index in [1.54, 1.807) is 18.2 Å². The van der Waals surface area contributed by atoms with Gasteiger partial charge in [0.2, 0.25) is 5.91 Å². The van der Waals surface area contributed by atoms with Crippen LogP contribution in [0.3, 0.4) is 0 Å². The molecule has 1 saturated heterocycles. The summed E-state index contributed by atoms with van der Waals surface area (Å²) in [6.07, 6.45) is -0.207. The smallest absolute Gasteiger partial charge is 0.321 e. The van der Waals surface area contributed by atoms with E-state index in [2.05, 4.69) is 15.5 Å². The van der Waals surface area contributed by atoms with Crippen molar-refractivity contribution in [3.05, 3.63) is 28.2 Å². The molecule has 7 nitrogen and oxygen atoms in total. The predicted molar refractivity (Wildman–Crippen MR) is 96.4 cm³/mol. The molecule has 0 spiro atoms. The highest BCUT2D eigenvalue weighted by Crippen LogP contribution is 2.29. The summed E-state index contributed by atoms with van der Waals surface area (Å²) in [4.78, 5) is 25.7. The van der Waals surface area contributed by atoms with Gasteiger partial charge in [0.1, 0.15) is 6.04 Å². The molecule has 1 aromatic rings. The van der Waals surface area contributed by atoms with Crippen molar-refractivity contribution in [1.82, 2.24) is 10.2 Å². The van der Waals surface area contributed by atoms with Gasteiger partial charge < -0.3 is 20.5 Å². The van der Waals surface area contributed by atoms with E-state index >= 15 is 0 Å². The second kappa shape index (κ2) is 9.94. The molecule has 1 heterocycles. The van der Waals surface area contributed by atoms with Crippen LogP contribution in [0, 0.1) is 0 Å². The molecule has 0 saturated carbocycles. The van der Waals surface area contributed by atoms with Gasteiger partial charge in [0.25, 0.3) is 0 Å². The Kier molecular flexibility index (Phi) is 7.92. The van der Waals surface area contributed by atoms with Crippen molar-refractivity contribution >= 4 is 40.8 Å². The quantitative estimate of drug-likeness (QED) is 0.626. The number of anilines is 1. The number of hydrogen-bond acceptors (Lipinski definition) is 5. The van der Waals surface area contributed by atoms with Crippen LogP contribution in [0.4, 0.5) is 5.69 Å². The first kappa shape index (κ1) is 19.9. The van der Waals surface area contributed by atoms with Crippen LogP contribution in [0.2, 0.25) is 10.0 Å². The highest BCUT2D eigenvalue weighted by atomic mass is 35.5. The van der Waals surface area contributed by atoms with E-state index in [4.69, 9.17) is 27.9 Å². The molecule has 0 aliphatic carbocycles. The minimum atomic E-state index is -1.07. The number of carbonyl (C=O) groups is 2. The molecule has 1 aliphatic heterocycles. The van der Waals surface area contributed by atoms with Gasteiger partial charge in [-0.05, 0) is 12.1 Å². The Labute approximate surface area is 156 Å². The minimum absolute atomic E-state index is 0.207. The van der Waals surface area contributed by atoms with Crippen LogP contribution in [0.25, 0.3) is 0 Å². The van der Waals surface area contributed by atoms with E-state index < -0.39 is 17.9 Å². The molecule has 9 heteroatoms. The monoisotopic (exact) mass is 389 g/mol. The van der Waals surface area contributed by atoms with Gasteiger partial charge in [-0.3, -0.25) is 14.5 Å². The first-order valence-corrected chi connectivity index (χ1v) is 8.73. The number of nitrogens with one attached hydrogen (secondary N) is 2. The number of halogens is 2. The third kappa shape index (κ3) is 6.45. The normalized spacial score (nSPS) is 16.4. The van der Waals surface area contributed by atoms with Gasteiger partial charge in [-0.1, -0.05) is 29.3 Å². The topological polar surface area (TPSA) is 90.9 Å². The number of amides is 1. The molecular formula is C16H21Cl2N3O4. The second-order valence-electron chi connectivity index (χ2n) is 5.65. The summed E-state index contributed by atoms with van der Waals surface area (Å²) < 4.78 is 5.26. The van der Waals surface area contributed by atoms with E-state index in [0.717, 1.165) is 13.1 Å². The zero-order chi connectivity index (χ0) is 18.2. The maximum Gasteiger partial charge on any atom is 0.321 e. The maximum absolute atomic E-state index is 12.1. The molecule has 25 heavy (non-hydrogen) atoms. The fraction of sp³-hybridized carbons (Fsp3) is 0.500. The number of hydrogen-bond donors (Lipinski definition) is 3. The van der Waals surface area contributed by atoms with Crippen LogP contribution in [-0.4, -0.2) is 67.3 Å². The van der Waals surface area contributed by atoms with Gasteiger partial charge in [0.15, 0.2) is 0 Å². The van der Waals surface area contributed by atoms with Gasteiger partial charge in [-0.15, -0.1) is 0 Å². The van der Waals surface area contributed by atoms with Crippen LogP contribution >= 0.6 is 23.2 Å². The summed E-state index contributed by atoms with van der Waals surface area (Å²) in [6.45, 7) is 4.20. The van der Waals surface area contributed by atoms with Crippen molar-refractivity contribution in [3.63, 3.8) is 0 Å². The van der Waals surface area contributed by atoms with Gasteiger partial charge in [-0.25, -0.2) is 0 Å². The summed E-state index contributed by atoms with van der Waals surface area (Å²) in [5.74, 6) is -1.52. The number of carbonyl (C=O) groups excluding carboxylic acids is 1. The lowest BCUT2D eigenvalue weighted by Gasteiger charge is -2.27. The molecule has 1 fully saturated rings. The predicted octanol–water partition coefficient (Wildman–Crippen LogP) is 1.70. The summed E-state index contributed by atoms with van der Waals surface area (Å²) >= 11 is 11.9. The molecule has 1 amide bonds. The van der Waals surface area contributed by atoms with Crippen LogP contribution in [-0.2, 0) is 14.3 Å². The zero-order valence-corrected chi connectivity index (χ0v) is 15.1. The molecular weight excluding hydrogens is 369 g/mol. The van der Waals surface area contributed by atoms with Crippen molar-refractivity contribution in [2.45, 2.75) is 12.5 Å². The summed E-state index contributed by atoms with van der Waals surface area (Å²) in [5, 5.41) is 15.3. The fourth-order valence-corrected chi connectivity index (χ4v) is 2.80. The number of carboxylic acid groups (broad SMARTS) is 1. The fourth-order valence-electron chi connectivity index (χ4n) is 2.46. The molecule has 0 aromatic heterocycles. The van der Waals surface area contributed by atoms with Crippen molar-refractivity contribution < 1.29 is 19.4 Å². The Morgan fingerprint density at radius 1 is 1.28 bits per heavy atom. The van der Waals surface area contributed by atoms with Gasteiger partial charge in [-0.2, -0.15) is 0 Å². The van der Waals surface area contributed by atoms with Gasteiger partial charge in [0, 0.05) is 26.2 Å². The SMILES string of the molecule is O=C(CC(NCCN1CCOCC1)C(=O)O)Nc1cccc(Cl)c1Cl. The molecule has 3 N–H and O–H groups in total. The molecule has 1 unspecified atom stereocenters. The largest absolute Gasteiger partial charge is 0.480 e. The third-order valence-electron chi connectivity index (χ3n) is 3.84. The number of aliphatic carboxylic acids is 1. The number of rotatable bonds is 8. The Bertz CT molecular complexity index is 609. The first-order valence-electron chi connectivity index (χ1n) is 7.97. The summed E-state index contributed by atoms with van der Waals surface area (Å²) in [6, 6.07) is 3.89. The zero-order valence-electron chi connectivity index (χ0n) is 13.6. The molecule has 1 atom stereocenters. The molecule has 138 valence electrons. The molecule has 0 radical (unpaired) electrons. The third-order valence-corrected chi connectivity index (χ3v) is 4.65. The van der Waals surface area contributed by atoms with Crippen LogP contribution < -0.4 is 10.6 Å². The standard InChI is InChI=1S/C16H21Cl2N3O4/c17-11-2-1-3-12(15(11)18)20-14(22)10-13(16(23)24)19-4-5-21-6-8-25-9-7-21/h1-3,13,19H,4-10H2,(H,20,22)(H,23,24). The average Bonchev–Trinajstić information content (AvgIpc) is 2.59. The number of benzene rings is 1. The van der Waals surface area contributed by atoms with Crippen LogP contribution in [0.5, 0.6) is 0 Å². The lowest BCUT2D eigenvalue weighted by atomic mass is 10.2. The molecule has 2 rings (SSSR count). The summed E-state index contributed by atoms with van der Waals surface area (Å²) in [7, 11) is 0. The lowest BCUT2D eigenvalue weighted by molar-refractivity contribution is -0.141. The molecule has 1 aliphatic rings. The average molecular weight is 390 g/mol. The lowest BCUT2D eigenvalue weighted by Crippen LogP contribution is -2.45. The highest BCUT2D eigenvalue weighted by Gasteiger charge is 2.22. The van der Waals surface area contributed by atoms with Crippen molar-refractivity contribution in [2.24, 2.45) is 0 Å². The second-order valence-corrected chi connectivity index (χ2v) is 6.44. The van der Waals surface area contributed by atoms with Crippen molar-refractivity contribution in [1.29, 1.82) is 0 Å². The van der Waals surface area contributed by atoms with E-state index in [1.807, 2.05) is 0 Å².